The topological polar surface area (TPSA) is 86.7 Å². The van der Waals surface area contributed by atoms with Crippen LogP contribution >= 0.6 is 0 Å². The monoisotopic (exact) mass is 370 g/mol. The van der Waals surface area contributed by atoms with Gasteiger partial charge in [-0.3, -0.25) is 14.4 Å². The van der Waals surface area contributed by atoms with Gasteiger partial charge in [-0.05, 0) is 30.2 Å². The Hall–Kier alpha value is -3.22. The molecule has 2 amide bonds. The number of carbonyl (C=O) groups is 3. The molecule has 7 heteroatoms. The fourth-order valence-electron chi connectivity index (χ4n) is 3.12. The van der Waals surface area contributed by atoms with Crippen molar-refractivity contribution in [2.75, 3.05) is 11.4 Å². The third-order valence-corrected chi connectivity index (χ3v) is 4.47. The number of amides is 2. The lowest BCUT2D eigenvalue weighted by Gasteiger charge is -2.19. The zero-order valence-corrected chi connectivity index (χ0v) is 14.5. The van der Waals surface area contributed by atoms with Crippen molar-refractivity contribution < 1.29 is 23.9 Å². The highest BCUT2D eigenvalue weighted by Gasteiger charge is 2.25. The first-order valence-corrected chi connectivity index (χ1v) is 8.63. The van der Waals surface area contributed by atoms with Gasteiger partial charge in [0.2, 0.25) is 5.91 Å². The van der Waals surface area contributed by atoms with Crippen molar-refractivity contribution in [3.05, 3.63) is 65.5 Å². The second-order valence-corrected chi connectivity index (χ2v) is 6.35. The van der Waals surface area contributed by atoms with Crippen LogP contribution in [0.25, 0.3) is 0 Å². The van der Waals surface area contributed by atoms with Crippen LogP contribution in [0.5, 0.6) is 0 Å². The molecule has 2 aromatic carbocycles. The maximum Gasteiger partial charge on any atom is 0.305 e. The Kier molecular flexibility index (Phi) is 5.49. The lowest BCUT2D eigenvalue weighted by molar-refractivity contribution is -0.137. The van der Waals surface area contributed by atoms with E-state index in [1.165, 1.54) is 17.0 Å². The third kappa shape index (κ3) is 4.31. The molecule has 0 radical (unpaired) electrons. The van der Waals surface area contributed by atoms with E-state index in [-0.39, 0.29) is 17.9 Å². The number of halogens is 1. The maximum absolute atomic E-state index is 14.2. The molecule has 0 saturated carbocycles. The molecule has 27 heavy (non-hydrogen) atoms. The number of hydrogen-bond acceptors (Lipinski definition) is 3. The summed E-state index contributed by atoms with van der Waals surface area (Å²) in [7, 11) is 0. The van der Waals surface area contributed by atoms with E-state index in [1.807, 2.05) is 0 Å². The number of hydrogen-bond donors (Lipinski definition) is 2. The first-order chi connectivity index (χ1) is 13.0. The molecule has 1 unspecified atom stereocenters. The first kappa shape index (κ1) is 18.6. The number of benzene rings is 2. The van der Waals surface area contributed by atoms with Crippen molar-refractivity contribution in [1.82, 2.24) is 5.32 Å². The predicted molar refractivity (Wildman–Crippen MR) is 96.9 cm³/mol. The second-order valence-electron chi connectivity index (χ2n) is 6.35. The highest BCUT2D eigenvalue weighted by molar-refractivity contribution is 5.99. The Morgan fingerprint density at radius 1 is 1.19 bits per heavy atom. The van der Waals surface area contributed by atoms with Crippen molar-refractivity contribution >= 4 is 23.5 Å². The van der Waals surface area contributed by atoms with Crippen LogP contribution in [0.15, 0.2) is 48.5 Å². The van der Waals surface area contributed by atoms with Gasteiger partial charge in [0, 0.05) is 18.7 Å². The molecule has 1 atom stereocenters. The molecule has 1 heterocycles. The summed E-state index contributed by atoms with van der Waals surface area (Å²) < 4.78 is 14.2. The van der Waals surface area contributed by atoms with Crippen LogP contribution in [0.4, 0.5) is 10.1 Å². The van der Waals surface area contributed by atoms with E-state index < -0.39 is 23.7 Å². The summed E-state index contributed by atoms with van der Waals surface area (Å²) in [4.78, 5) is 37.2. The van der Waals surface area contributed by atoms with E-state index in [1.54, 1.807) is 30.3 Å². The van der Waals surface area contributed by atoms with E-state index in [2.05, 4.69) is 5.32 Å². The average Bonchev–Trinajstić information content (AvgIpc) is 3.08. The lowest BCUT2D eigenvalue weighted by Crippen LogP contribution is -2.31. The van der Waals surface area contributed by atoms with Gasteiger partial charge in [-0.25, -0.2) is 4.39 Å². The van der Waals surface area contributed by atoms with Crippen molar-refractivity contribution in [3.63, 3.8) is 0 Å². The van der Waals surface area contributed by atoms with Gasteiger partial charge in [0.05, 0.1) is 18.0 Å². The normalized spacial score (nSPS) is 14.9. The van der Waals surface area contributed by atoms with Crippen LogP contribution in [-0.2, 0) is 9.59 Å². The molecule has 140 valence electrons. The molecular formula is C20H19FN2O4. The minimum atomic E-state index is -1.08. The number of anilines is 1. The zero-order valence-electron chi connectivity index (χ0n) is 14.5. The number of carbonyl (C=O) groups excluding carboxylic acids is 2. The summed E-state index contributed by atoms with van der Waals surface area (Å²) in [5.41, 5.74) is 0.844. The van der Waals surface area contributed by atoms with E-state index in [9.17, 15) is 18.8 Å². The summed E-state index contributed by atoms with van der Waals surface area (Å²) in [6.07, 6.45) is 0.807. The van der Waals surface area contributed by atoms with Crippen molar-refractivity contribution in [2.45, 2.75) is 25.3 Å². The maximum atomic E-state index is 14.2. The molecule has 1 saturated heterocycles. The van der Waals surface area contributed by atoms with Crippen LogP contribution in [-0.4, -0.2) is 29.4 Å². The van der Waals surface area contributed by atoms with Crippen LogP contribution < -0.4 is 10.2 Å². The number of rotatable bonds is 6. The van der Waals surface area contributed by atoms with Gasteiger partial charge in [-0.1, -0.05) is 30.3 Å². The van der Waals surface area contributed by atoms with Gasteiger partial charge in [-0.2, -0.15) is 0 Å². The number of aliphatic carboxylic acids is 1. The summed E-state index contributed by atoms with van der Waals surface area (Å²) in [6, 6.07) is 11.8. The minimum absolute atomic E-state index is 0.0685. The summed E-state index contributed by atoms with van der Waals surface area (Å²) in [5, 5.41) is 11.7. The standard InChI is InChI=1S/C20H19FN2O4/c21-16-9-8-14(23-10-4-7-18(23)24)11-15(16)20(27)22-17(12-19(25)26)13-5-2-1-3-6-13/h1-3,5-6,8-9,11,17H,4,7,10,12H2,(H,22,27)(H,25,26). The van der Waals surface area contributed by atoms with Crippen molar-refractivity contribution in [2.24, 2.45) is 0 Å². The lowest BCUT2D eigenvalue weighted by atomic mass is 10.0. The summed E-state index contributed by atoms with van der Waals surface area (Å²) in [6.45, 7) is 0.525. The van der Waals surface area contributed by atoms with Gasteiger partial charge < -0.3 is 15.3 Å². The van der Waals surface area contributed by atoms with Crippen LogP contribution in [0.2, 0.25) is 0 Å². The largest absolute Gasteiger partial charge is 0.481 e. The van der Waals surface area contributed by atoms with E-state index in [4.69, 9.17) is 5.11 Å². The van der Waals surface area contributed by atoms with Gasteiger partial charge >= 0.3 is 5.97 Å². The molecule has 1 aliphatic rings. The average molecular weight is 370 g/mol. The molecule has 1 fully saturated rings. The first-order valence-electron chi connectivity index (χ1n) is 8.63. The summed E-state index contributed by atoms with van der Waals surface area (Å²) in [5.74, 6) is -2.61. The molecule has 2 N–H and O–H groups in total. The Morgan fingerprint density at radius 3 is 2.56 bits per heavy atom. The summed E-state index contributed by atoms with van der Waals surface area (Å²) >= 11 is 0. The number of carboxylic acid groups (broad SMARTS) is 1. The van der Waals surface area contributed by atoms with E-state index >= 15 is 0 Å². The van der Waals surface area contributed by atoms with Gasteiger partial charge in [0.15, 0.2) is 0 Å². The molecular weight excluding hydrogens is 351 g/mol. The minimum Gasteiger partial charge on any atom is -0.481 e. The number of nitrogens with zero attached hydrogens (tertiary/aromatic N) is 1. The SMILES string of the molecule is O=C(O)CC(NC(=O)c1cc(N2CCCC2=O)ccc1F)c1ccccc1. The quantitative estimate of drug-likeness (QED) is 0.819. The Bertz CT molecular complexity index is 870. The van der Waals surface area contributed by atoms with Crippen LogP contribution in [0, 0.1) is 5.82 Å². The highest BCUT2D eigenvalue weighted by atomic mass is 19.1. The third-order valence-electron chi connectivity index (χ3n) is 4.47. The van der Waals surface area contributed by atoms with E-state index in [0.717, 1.165) is 6.07 Å². The molecule has 0 aliphatic carbocycles. The molecule has 0 bridgehead atoms. The molecule has 1 aliphatic heterocycles. The van der Waals surface area contributed by atoms with Gasteiger partial charge in [0.1, 0.15) is 5.82 Å². The fourth-order valence-corrected chi connectivity index (χ4v) is 3.12. The van der Waals surface area contributed by atoms with Crippen molar-refractivity contribution in [1.29, 1.82) is 0 Å². The van der Waals surface area contributed by atoms with Gasteiger partial charge in [-0.15, -0.1) is 0 Å². The van der Waals surface area contributed by atoms with Crippen LogP contribution in [0.3, 0.4) is 0 Å². The van der Waals surface area contributed by atoms with Crippen LogP contribution in [0.1, 0.15) is 41.2 Å². The Balaban J connectivity index is 1.85. The van der Waals surface area contributed by atoms with Crippen molar-refractivity contribution in [3.8, 4) is 0 Å². The smallest absolute Gasteiger partial charge is 0.305 e. The Morgan fingerprint density at radius 2 is 1.93 bits per heavy atom. The van der Waals surface area contributed by atoms with Gasteiger partial charge in [0.25, 0.3) is 5.91 Å². The second kappa shape index (κ2) is 7.99. The van der Waals surface area contributed by atoms with E-state index in [0.29, 0.717) is 30.6 Å². The highest BCUT2D eigenvalue weighted by Crippen LogP contribution is 2.25. The molecule has 0 spiro atoms. The molecule has 6 nitrogen and oxygen atoms in total. The predicted octanol–water partition coefficient (Wildman–Crippen LogP) is 2.90. The molecule has 2 aromatic rings. The zero-order chi connectivity index (χ0) is 19.4. The number of nitrogens with one attached hydrogen (secondary N) is 1. The Labute approximate surface area is 155 Å². The molecule has 0 aromatic heterocycles. The molecule has 3 rings (SSSR count). The fraction of sp³-hybridized carbons (Fsp3) is 0.250. The number of carboxylic acids is 1.